The summed E-state index contributed by atoms with van der Waals surface area (Å²) in [5.74, 6) is 2.05. The van der Waals surface area contributed by atoms with Crippen molar-refractivity contribution in [2.45, 2.75) is 92.8 Å². The van der Waals surface area contributed by atoms with Gasteiger partial charge >= 0.3 is 0 Å². The molecule has 3 heteroatoms. The van der Waals surface area contributed by atoms with Crippen molar-refractivity contribution < 1.29 is 14.2 Å². The van der Waals surface area contributed by atoms with Crippen LogP contribution in [-0.2, 0) is 20.8 Å². The van der Waals surface area contributed by atoms with Gasteiger partial charge in [-0.3, -0.25) is 0 Å². The molecule has 0 spiro atoms. The van der Waals surface area contributed by atoms with Gasteiger partial charge in [-0.05, 0) is 50.0 Å². The van der Waals surface area contributed by atoms with E-state index in [2.05, 4.69) is 71.9 Å². The van der Waals surface area contributed by atoms with E-state index in [4.69, 9.17) is 14.2 Å². The van der Waals surface area contributed by atoms with Crippen molar-refractivity contribution in [1.29, 1.82) is 0 Å². The predicted molar refractivity (Wildman–Crippen MR) is 121 cm³/mol. The van der Waals surface area contributed by atoms with E-state index in [-0.39, 0.29) is 12.2 Å². The smallest absolute Gasteiger partial charge is 0.163 e. The van der Waals surface area contributed by atoms with Crippen LogP contribution >= 0.6 is 0 Å². The molecular weight excluding hydrogens is 360 g/mol. The predicted octanol–water partition coefficient (Wildman–Crippen LogP) is 6.70. The minimum absolute atomic E-state index is 0.141. The standard InChI is InChI=1S/C26H44O3/c1-18(2)14-19(3)15-20(4)24(27-17-23-12-10-9-11-13-23)22(6)25-21(5)16-28-26(7,8)29-25/h9-13,18-22,24-25H,14-17H2,1-8H3/t19-,20-,21-,22-,24-,25-/m0/s1. The summed E-state index contributed by atoms with van der Waals surface area (Å²) >= 11 is 0. The Morgan fingerprint density at radius 2 is 1.69 bits per heavy atom. The molecule has 166 valence electrons. The second-order valence-corrected chi connectivity index (χ2v) is 10.3. The highest BCUT2D eigenvalue weighted by atomic mass is 16.7. The molecule has 6 atom stereocenters. The number of hydrogen-bond donors (Lipinski definition) is 0. The van der Waals surface area contributed by atoms with E-state index in [1.807, 2.05) is 13.8 Å². The average molecular weight is 405 g/mol. The summed E-state index contributed by atoms with van der Waals surface area (Å²) in [4.78, 5) is 0. The van der Waals surface area contributed by atoms with Gasteiger partial charge in [0.25, 0.3) is 0 Å². The van der Waals surface area contributed by atoms with Crippen LogP contribution in [-0.4, -0.2) is 24.6 Å². The molecule has 3 nitrogen and oxygen atoms in total. The van der Waals surface area contributed by atoms with Gasteiger partial charge in [-0.1, -0.05) is 71.9 Å². The third kappa shape index (κ3) is 7.70. The summed E-state index contributed by atoms with van der Waals surface area (Å²) in [6.45, 7) is 19.3. The molecule has 0 radical (unpaired) electrons. The van der Waals surface area contributed by atoms with Crippen LogP contribution in [0.2, 0.25) is 0 Å². The van der Waals surface area contributed by atoms with Crippen LogP contribution in [0.5, 0.6) is 0 Å². The van der Waals surface area contributed by atoms with Crippen molar-refractivity contribution in [3.05, 3.63) is 35.9 Å². The van der Waals surface area contributed by atoms with Crippen molar-refractivity contribution in [3.8, 4) is 0 Å². The summed E-state index contributed by atoms with van der Waals surface area (Å²) in [6.07, 6.45) is 2.75. The van der Waals surface area contributed by atoms with E-state index >= 15 is 0 Å². The van der Waals surface area contributed by atoms with Gasteiger partial charge in [0.1, 0.15) is 0 Å². The molecule has 1 aromatic rings. The third-order valence-corrected chi connectivity index (χ3v) is 6.21. The zero-order valence-corrected chi connectivity index (χ0v) is 20.0. The lowest BCUT2D eigenvalue weighted by molar-refractivity contribution is -0.306. The van der Waals surface area contributed by atoms with E-state index in [1.54, 1.807) is 0 Å². The first-order valence-corrected chi connectivity index (χ1v) is 11.6. The number of benzene rings is 1. The van der Waals surface area contributed by atoms with E-state index in [1.165, 1.54) is 18.4 Å². The van der Waals surface area contributed by atoms with E-state index in [0.29, 0.717) is 30.3 Å². The van der Waals surface area contributed by atoms with Gasteiger partial charge in [0, 0.05) is 11.8 Å². The number of rotatable bonds is 10. The maximum Gasteiger partial charge on any atom is 0.163 e. The molecule has 1 saturated heterocycles. The SMILES string of the molecule is CC(C)C[C@H](C)C[C@H](C)[C@H](OCc1ccccc1)[C@H](C)[C@H]1OC(C)(C)OC[C@@H]1C. The molecule has 29 heavy (non-hydrogen) atoms. The molecule has 1 aliphatic rings. The molecule has 1 heterocycles. The normalized spacial score (nSPS) is 26.1. The maximum atomic E-state index is 6.61. The second-order valence-electron chi connectivity index (χ2n) is 10.3. The third-order valence-electron chi connectivity index (χ3n) is 6.21. The number of ether oxygens (including phenoxy) is 3. The lowest BCUT2D eigenvalue weighted by Gasteiger charge is -2.45. The minimum atomic E-state index is -0.524. The quantitative estimate of drug-likeness (QED) is 0.434. The van der Waals surface area contributed by atoms with Crippen LogP contribution in [0.4, 0.5) is 0 Å². The molecule has 0 saturated carbocycles. The molecule has 1 aromatic carbocycles. The van der Waals surface area contributed by atoms with Crippen molar-refractivity contribution in [3.63, 3.8) is 0 Å². The topological polar surface area (TPSA) is 27.7 Å². The second kappa shape index (κ2) is 10.9. The van der Waals surface area contributed by atoms with Crippen molar-refractivity contribution in [1.82, 2.24) is 0 Å². The van der Waals surface area contributed by atoms with Crippen molar-refractivity contribution >= 4 is 0 Å². The molecule has 0 bridgehead atoms. The Labute approximate surface area is 179 Å². The average Bonchev–Trinajstić information content (AvgIpc) is 2.63. The fourth-order valence-electron chi connectivity index (χ4n) is 4.99. The Hall–Kier alpha value is -0.900. The first-order chi connectivity index (χ1) is 13.6. The van der Waals surface area contributed by atoms with E-state index in [9.17, 15) is 0 Å². The molecule has 1 fully saturated rings. The fraction of sp³-hybridized carbons (Fsp3) is 0.769. The highest BCUT2D eigenvalue weighted by molar-refractivity contribution is 5.13. The zero-order valence-electron chi connectivity index (χ0n) is 20.0. The summed E-state index contributed by atoms with van der Waals surface area (Å²) in [5, 5.41) is 0. The lowest BCUT2D eigenvalue weighted by atomic mass is 9.79. The van der Waals surface area contributed by atoms with Gasteiger partial charge in [-0.2, -0.15) is 0 Å². The Balaban J connectivity index is 2.13. The Morgan fingerprint density at radius 1 is 1.03 bits per heavy atom. The van der Waals surface area contributed by atoms with Crippen LogP contribution in [0.15, 0.2) is 30.3 Å². The van der Waals surface area contributed by atoms with Crippen LogP contribution in [0.3, 0.4) is 0 Å². The molecule has 0 N–H and O–H groups in total. The molecule has 0 aromatic heterocycles. The van der Waals surface area contributed by atoms with Gasteiger partial charge < -0.3 is 14.2 Å². The summed E-state index contributed by atoms with van der Waals surface area (Å²) in [5.41, 5.74) is 1.23. The Bertz CT molecular complexity index is 583. The Kier molecular flexibility index (Phi) is 9.18. The first-order valence-electron chi connectivity index (χ1n) is 11.6. The van der Waals surface area contributed by atoms with Gasteiger partial charge in [0.15, 0.2) is 5.79 Å². The van der Waals surface area contributed by atoms with Crippen LogP contribution in [0.1, 0.15) is 73.8 Å². The number of hydrogen-bond acceptors (Lipinski definition) is 3. The molecule has 0 aliphatic carbocycles. The van der Waals surface area contributed by atoms with Gasteiger partial charge in [0.05, 0.1) is 25.4 Å². The monoisotopic (exact) mass is 404 g/mol. The summed E-state index contributed by atoms with van der Waals surface area (Å²) in [7, 11) is 0. The summed E-state index contributed by atoms with van der Waals surface area (Å²) in [6, 6.07) is 10.5. The van der Waals surface area contributed by atoms with E-state index < -0.39 is 5.79 Å². The maximum absolute atomic E-state index is 6.61. The fourth-order valence-corrected chi connectivity index (χ4v) is 4.99. The van der Waals surface area contributed by atoms with Crippen molar-refractivity contribution in [2.24, 2.45) is 29.6 Å². The largest absolute Gasteiger partial charge is 0.373 e. The van der Waals surface area contributed by atoms with Gasteiger partial charge in [-0.25, -0.2) is 0 Å². The molecular formula is C26H44O3. The van der Waals surface area contributed by atoms with Crippen LogP contribution in [0, 0.1) is 29.6 Å². The molecule has 2 rings (SSSR count). The Morgan fingerprint density at radius 3 is 2.31 bits per heavy atom. The molecule has 0 amide bonds. The molecule has 1 aliphatic heterocycles. The van der Waals surface area contributed by atoms with Gasteiger partial charge in [-0.15, -0.1) is 0 Å². The summed E-state index contributed by atoms with van der Waals surface area (Å²) < 4.78 is 18.9. The zero-order chi connectivity index (χ0) is 21.6. The lowest BCUT2D eigenvalue weighted by Crippen LogP contribution is -2.51. The van der Waals surface area contributed by atoms with E-state index in [0.717, 1.165) is 12.5 Å². The first kappa shape index (κ1) is 24.4. The highest BCUT2D eigenvalue weighted by Gasteiger charge is 2.41. The van der Waals surface area contributed by atoms with Crippen LogP contribution < -0.4 is 0 Å². The van der Waals surface area contributed by atoms with Crippen molar-refractivity contribution in [2.75, 3.05) is 6.61 Å². The molecule has 0 unspecified atom stereocenters. The minimum Gasteiger partial charge on any atom is -0.373 e. The van der Waals surface area contributed by atoms with Crippen LogP contribution in [0.25, 0.3) is 0 Å². The van der Waals surface area contributed by atoms with Gasteiger partial charge in [0.2, 0.25) is 0 Å². The highest BCUT2D eigenvalue weighted by Crippen LogP contribution is 2.36.